The zero-order chi connectivity index (χ0) is 20.2. The Morgan fingerprint density at radius 2 is 1.79 bits per heavy atom. The number of hydroxylamine groups is 1. The molecule has 29 heavy (non-hydrogen) atoms. The van der Waals surface area contributed by atoms with Crippen molar-refractivity contribution in [1.29, 1.82) is 0 Å². The summed E-state index contributed by atoms with van der Waals surface area (Å²) in [7, 11) is 0. The lowest BCUT2D eigenvalue weighted by molar-refractivity contribution is 0.0706. The minimum atomic E-state index is -0.566. The molecule has 8 heteroatoms. The summed E-state index contributed by atoms with van der Waals surface area (Å²) in [6.07, 6.45) is 4.12. The van der Waals surface area contributed by atoms with Gasteiger partial charge in [0.15, 0.2) is 0 Å². The van der Waals surface area contributed by atoms with Crippen LogP contribution in [0, 0.1) is 5.82 Å². The van der Waals surface area contributed by atoms with Crippen LogP contribution in [-0.2, 0) is 13.1 Å². The van der Waals surface area contributed by atoms with E-state index in [1.54, 1.807) is 52.8 Å². The molecule has 0 aliphatic carbocycles. The molecular weight excluding hydrogens is 373 g/mol. The summed E-state index contributed by atoms with van der Waals surface area (Å²) in [6, 6.07) is 12.0. The molecule has 1 fully saturated rings. The molecule has 1 amide bonds. The van der Waals surface area contributed by atoms with Gasteiger partial charge in [0.25, 0.3) is 5.91 Å². The first-order valence-electron chi connectivity index (χ1n) is 9.57. The summed E-state index contributed by atoms with van der Waals surface area (Å²) in [5.41, 5.74) is 4.72. The number of nitrogens with zero attached hydrogens (tertiary/aromatic N) is 4. The zero-order valence-corrected chi connectivity index (χ0v) is 15.9. The van der Waals surface area contributed by atoms with Crippen LogP contribution in [0.3, 0.4) is 0 Å². The highest BCUT2D eigenvalue weighted by molar-refractivity contribution is 5.93. The number of likely N-dealkylation sites (tertiary alicyclic amines) is 1. The molecule has 1 aliphatic rings. The molecule has 3 aromatic rings. The molecule has 1 aromatic heterocycles. The third-order valence-electron chi connectivity index (χ3n) is 5.12. The fraction of sp³-hybridized carbons (Fsp3) is 0.286. The number of aromatic nitrogens is 3. The lowest BCUT2D eigenvalue weighted by Crippen LogP contribution is -2.18. The Bertz CT molecular complexity index is 997. The molecule has 150 valence electrons. The van der Waals surface area contributed by atoms with Gasteiger partial charge >= 0.3 is 0 Å². The summed E-state index contributed by atoms with van der Waals surface area (Å²) in [5, 5.41) is 16.8. The Kier molecular flexibility index (Phi) is 5.64. The standard InChI is InChI=1S/C21H22FN5O2/c22-19-11-16(12-26-9-1-2-10-26)5-8-18(19)20-14-27(25-23-20)13-15-3-6-17(7-4-15)21(28)24-29/h3-8,11,14,29H,1-2,9-10,12-13H2,(H,24,28). The highest BCUT2D eigenvalue weighted by atomic mass is 19.1. The SMILES string of the molecule is O=C(NO)c1ccc(Cn2cc(-c3ccc(CN4CCCC4)cc3F)nn2)cc1. The molecule has 2 N–H and O–H groups in total. The third kappa shape index (κ3) is 4.49. The van der Waals surface area contributed by atoms with Crippen molar-refractivity contribution in [2.75, 3.05) is 13.1 Å². The Morgan fingerprint density at radius 1 is 1.07 bits per heavy atom. The van der Waals surface area contributed by atoms with Crippen LogP contribution in [0.15, 0.2) is 48.7 Å². The van der Waals surface area contributed by atoms with Crippen molar-refractivity contribution >= 4 is 5.91 Å². The third-order valence-corrected chi connectivity index (χ3v) is 5.12. The number of benzene rings is 2. The van der Waals surface area contributed by atoms with Crippen molar-refractivity contribution in [2.24, 2.45) is 0 Å². The first-order chi connectivity index (χ1) is 14.1. The van der Waals surface area contributed by atoms with Crippen molar-refractivity contribution in [2.45, 2.75) is 25.9 Å². The lowest BCUT2D eigenvalue weighted by atomic mass is 10.1. The monoisotopic (exact) mass is 395 g/mol. The first-order valence-corrected chi connectivity index (χ1v) is 9.57. The molecule has 2 heterocycles. The maximum Gasteiger partial charge on any atom is 0.274 e. The molecule has 1 saturated heterocycles. The fourth-order valence-corrected chi connectivity index (χ4v) is 3.58. The van der Waals surface area contributed by atoms with Gasteiger partial charge in [0.2, 0.25) is 0 Å². The molecule has 0 spiro atoms. The summed E-state index contributed by atoms with van der Waals surface area (Å²) in [5.74, 6) is -0.864. The normalized spacial score (nSPS) is 14.3. The van der Waals surface area contributed by atoms with E-state index in [1.165, 1.54) is 12.8 Å². The maximum atomic E-state index is 14.6. The summed E-state index contributed by atoms with van der Waals surface area (Å²) in [4.78, 5) is 13.7. The number of amides is 1. The predicted octanol–water partition coefficient (Wildman–Crippen LogP) is 2.85. The van der Waals surface area contributed by atoms with Gasteiger partial charge in [0, 0.05) is 17.7 Å². The Balaban J connectivity index is 1.45. The van der Waals surface area contributed by atoms with Gasteiger partial charge in [0.05, 0.1) is 12.7 Å². The van der Waals surface area contributed by atoms with Gasteiger partial charge in [-0.25, -0.2) is 14.6 Å². The van der Waals surface area contributed by atoms with E-state index < -0.39 is 5.91 Å². The van der Waals surface area contributed by atoms with Gasteiger partial charge in [0.1, 0.15) is 11.5 Å². The van der Waals surface area contributed by atoms with Gasteiger partial charge in [-0.15, -0.1) is 5.10 Å². The van der Waals surface area contributed by atoms with E-state index >= 15 is 0 Å². The van der Waals surface area contributed by atoms with Gasteiger partial charge < -0.3 is 0 Å². The topological polar surface area (TPSA) is 83.3 Å². The smallest absolute Gasteiger partial charge is 0.274 e. The Hall–Kier alpha value is -3.10. The molecule has 2 aromatic carbocycles. The molecule has 1 aliphatic heterocycles. The molecular formula is C21H22FN5O2. The van der Waals surface area contributed by atoms with E-state index in [1.807, 2.05) is 6.07 Å². The average Bonchev–Trinajstić information content (AvgIpc) is 3.40. The number of hydrogen-bond acceptors (Lipinski definition) is 5. The highest BCUT2D eigenvalue weighted by Gasteiger charge is 2.15. The number of hydrogen-bond donors (Lipinski definition) is 2. The van der Waals surface area contributed by atoms with Crippen LogP contribution < -0.4 is 5.48 Å². The van der Waals surface area contributed by atoms with E-state index in [9.17, 15) is 9.18 Å². The maximum absolute atomic E-state index is 14.6. The second-order valence-corrected chi connectivity index (χ2v) is 7.24. The van der Waals surface area contributed by atoms with Crippen LogP contribution >= 0.6 is 0 Å². The van der Waals surface area contributed by atoms with Gasteiger partial charge in [-0.1, -0.05) is 23.4 Å². The highest BCUT2D eigenvalue weighted by Crippen LogP contribution is 2.23. The number of carbonyl (C=O) groups is 1. The number of carbonyl (C=O) groups excluding carboxylic acids is 1. The van der Waals surface area contributed by atoms with Crippen LogP contribution in [0.2, 0.25) is 0 Å². The van der Waals surface area contributed by atoms with E-state index in [2.05, 4.69) is 15.2 Å². The van der Waals surface area contributed by atoms with Crippen LogP contribution in [0.5, 0.6) is 0 Å². The predicted molar refractivity (Wildman–Crippen MR) is 105 cm³/mol. The molecule has 0 radical (unpaired) electrons. The van der Waals surface area contributed by atoms with Crippen molar-refractivity contribution < 1.29 is 14.4 Å². The first kappa shape index (κ1) is 19.2. The molecule has 0 saturated carbocycles. The van der Waals surface area contributed by atoms with Crippen LogP contribution in [0.4, 0.5) is 4.39 Å². The number of rotatable bonds is 6. The van der Waals surface area contributed by atoms with Gasteiger partial charge in [-0.3, -0.25) is 14.9 Å². The van der Waals surface area contributed by atoms with E-state index in [0.717, 1.165) is 30.8 Å². The van der Waals surface area contributed by atoms with Crippen LogP contribution in [0.25, 0.3) is 11.3 Å². The van der Waals surface area contributed by atoms with Crippen molar-refractivity contribution in [3.8, 4) is 11.3 Å². The summed E-state index contributed by atoms with van der Waals surface area (Å²) in [6.45, 7) is 3.35. The average molecular weight is 395 g/mol. The molecule has 0 bridgehead atoms. The van der Waals surface area contributed by atoms with Crippen LogP contribution in [-0.4, -0.2) is 44.1 Å². The molecule has 0 unspecified atom stereocenters. The minimum Gasteiger partial charge on any atom is -0.299 e. The lowest BCUT2D eigenvalue weighted by Gasteiger charge is -2.14. The summed E-state index contributed by atoms with van der Waals surface area (Å²) < 4.78 is 16.3. The number of nitrogens with one attached hydrogen (secondary N) is 1. The quantitative estimate of drug-likeness (QED) is 0.495. The zero-order valence-electron chi connectivity index (χ0n) is 15.9. The molecule has 4 rings (SSSR count). The van der Waals surface area contributed by atoms with E-state index in [4.69, 9.17) is 5.21 Å². The molecule has 7 nitrogen and oxygen atoms in total. The largest absolute Gasteiger partial charge is 0.299 e. The van der Waals surface area contributed by atoms with Crippen LogP contribution in [0.1, 0.15) is 34.3 Å². The van der Waals surface area contributed by atoms with Crippen molar-refractivity contribution in [3.63, 3.8) is 0 Å². The molecule has 0 atom stereocenters. The van der Waals surface area contributed by atoms with Gasteiger partial charge in [-0.2, -0.15) is 0 Å². The second-order valence-electron chi connectivity index (χ2n) is 7.24. The van der Waals surface area contributed by atoms with E-state index in [-0.39, 0.29) is 5.82 Å². The van der Waals surface area contributed by atoms with Crippen molar-refractivity contribution in [3.05, 3.63) is 71.2 Å². The minimum absolute atomic E-state index is 0.298. The van der Waals surface area contributed by atoms with Gasteiger partial charge in [-0.05, 0) is 61.3 Å². The fourth-order valence-electron chi connectivity index (χ4n) is 3.58. The second kappa shape index (κ2) is 8.50. The Labute approximate surface area is 167 Å². The van der Waals surface area contributed by atoms with E-state index in [0.29, 0.717) is 23.4 Å². The number of halogens is 1. The summed E-state index contributed by atoms with van der Waals surface area (Å²) >= 11 is 0. The van der Waals surface area contributed by atoms with Crippen molar-refractivity contribution in [1.82, 2.24) is 25.4 Å². The Morgan fingerprint density at radius 3 is 2.48 bits per heavy atom.